The maximum atomic E-state index is 12.4. The number of carbonyl (C=O) groups is 1. The molecule has 1 aromatic heterocycles. The third-order valence-corrected chi connectivity index (χ3v) is 4.91. The first-order chi connectivity index (χ1) is 13.3. The lowest BCUT2D eigenvalue weighted by Crippen LogP contribution is -2.30. The zero-order chi connectivity index (χ0) is 20.3. The second-order valence-corrected chi connectivity index (χ2v) is 7.30. The van der Waals surface area contributed by atoms with Crippen molar-refractivity contribution >= 4 is 39.7 Å². The van der Waals surface area contributed by atoms with Crippen molar-refractivity contribution in [3.8, 4) is 17.0 Å². The molecule has 1 unspecified atom stereocenters. The SMILES string of the molecule is Cc1cc(Cl)ccc1OC(C)C(=O)Nc1nc(-c2ccc([N+](=O)[O-])cc2)cs1. The van der Waals surface area contributed by atoms with Gasteiger partial charge in [0.15, 0.2) is 11.2 Å². The number of nitro groups is 1. The van der Waals surface area contributed by atoms with Gasteiger partial charge in [-0.25, -0.2) is 4.98 Å². The van der Waals surface area contributed by atoms with Crippen LogP contribution in [0.1, 0.15) is 12.5 Å². The number of nitrogens with one attached hydrogen (secondary N) is 1. The summed E-state index contributed by atoms with van der Waals surface area (Å²) in [7, 11) is 0. The van der Waals surface area contributed by atoms with Crippen molar-refractivity contribution in [1.82, 2.24) is 4.98 Å². The van der Waals surface area contributed by atoms with Crippen LogP contribution in [0.25, 0.3) is 11.3 Å². The van der Waals surface area contributed by atoms with E-state index < -0.39 is 11.0 Å². The molecular weight excluding hydrogens is 402 g/mol. The molecule has 1 amide bonds. The average Bonchev–Trinajstić information content (AvgIpc) is 3.12. The highest BCUT2D eigenvalue weighted by Crippen LogP contribution is 2.27. The van der Waals surface area contributed by atoms with Crippen molar-refractivity contribution in [2.45, 2.75) is 20.0 Å². The third-order valence-electron chi connectivity index (χ3n) is 3.92. The number of hydrogen-bond acceptors (Lipinski definition) is 6. The number of amides is 1. The molecule has 2 aromatic carbocycles. The van der Waals surface area contributed by atoms with Gasteiger partial charge in [0.25, 0.3) is 11.6 Å². The smallest absolute Gasteiger partial charge is 0.269 e. The average molecular weight is 418 g/mol. The van der Waals surface area contributed by atoms with Gasteiger partial charge in [-0.3, -0.25) is 20.2 Å². The standard InChI is InChI=1S/C19H16ClN3O4S/c1-11-9-14(20)5-8-17(11)27-12(2)18(24)22-19-21-16(10-28-19)13-3-6-15(7-4-13)23(25)26/h3-10,12H,1-2H3,(H,21,22,24). The van der Waals surface area contributed by atoms with Gasteiger partial charge in [0.2, 0.25) is 0 Å². The number of rotatable bonds is 6. The van der Waals surface area contributed by atoms with E-state index in [1.54, 1.807) is 42.6 Å². The number of nitro benzene ring substituents is 1. The molecule has 0 aliphatic rings. The maximum Gasteiger partial charge on any atom is 0.269 e. The van der Waals surface area contributed by atoms with Crippen LogP contribution in [0, 0.1) is 17.0 Å². The minimum absolute atomic E-state index is 0.0102. The summed E-state index contributed by atoms with van der Waals surface area (Å²) in [6, 6.07) is 11.2. The Bertz CT molecular complexity index is 1020. The van der Waals surface area contributed by atoms with E-state index in [1.807, 2.05) is 6.92 Å². The Morgan fingerprint density at radius 2 is 2.00 bits per heavy atom. The summed E-state index contributed by atoms with van der Waals surface area (Å²) in [5.41, 5.74) is 2.19. The van der Waals surface area contributed by atoms with Crippen LogP contribution in [0.15, 0.2) is 47.8 Å². The molecule has 0 aliphatic carbocycles. The van der Waals surface area contributed by atoms with Crippen molar-refractivity contribution in [2.24, 2.45) is 0 Å². The number of anilines is 1. The van der Waals surface area contributed by atoms with Gasteiger partial charge in [0, 0.05) is 28.1 Å². The molecule has 1 heterocycles. The molecule has 28 heavy (non-hydrogen) atoms. The summed E-state index contributed by atoms with van der Waals surface area (Å²) in [5, 5.41) is 16.2. The predicted octanol–water partition coefficient (Wildman–Crippen LogP) is 5.09. The van der Waals surface area contributed by atoms with Gasteiger partial charge in [0.05, 0.1) is 10.6 Å². The quantitative estimate of drug-likeness (QED) is 0.445. The van der Waals surface area contributed by atoms with E-state index in [4.69, 9.17) is 16.3 Å². The third kappa shape index (κ3) is 4.65. The van der Waals surface area contributed by atoms with Crippen LogP contribution >= 0.6 is 22.9 Å². The molecule has 9 heteroatoms. The highest BCUT2D eigenvalue weighted by atomic mass is 35.5. The Morgan fingerprint density at radius 1 is 1.29 bits per heavy atom. The summed E-state index contributed by atoms with van der Waals surface area (Å²) in [6.07, 6.45) is -0.730. The molecule has 0 fully saturated rings. The van der Waals surface area contributed by atoms with E-state index >= 15 is 0 Å². The predicted molar refractivity (Wildman–Crippen MR) is 109 cm³/mol. The van der Waals surface area contributed by atoms with Crippen LogP contribution in [-0.2, 0) is 4.79 Å². The van der Waals surface area contributed by atoms with Crippen molar-refractivity contribution in [3.63, 3.8) is 0 Å². The van der Waals surface area contributed by atoms with Crippen molar-refractivity contribution < 1.29 is 14.5 Å². The molecule has 1 N–H and O–H groups in total. The Labute approximate surface area is 170 Å². The molecular formula is C19H16ClN3O4S. The maximum absolute atomic E-state index is 12.4. The molecule has 1 atom stereocenters. The zero-order valence-electron chi connectivity index (χ0n) is 15.0. The van der Waals surface area contributed by atoms with Crippen molar-refractivity contribution in [2.75, 3.05) is 5.32 Å². The second kappa shape index (κ2) is 8.37. The van der Waals surface area contributed by atoms with Crippen LogP contribution in [0.2, 0.25) is 5.02 Å². The minimum atomic E-state index is -0.730. The molecule has 3 aromatic rings. The number of halogens is 1. The second-order valence-electron chi connectivity index (χ2n) is 6.00. The first-order valence-corrected chi connectivity index (χ1v) is 9.53. The Morgan fingerprint density at radius 3 is 2.64 bits per heavy atom. The number of aromatic nitrogens is 1. The lowest BCUT2D eigenvalue weighted by molar-refractivity contribution is -0.384. The summed E-state index contributed by atoms with van der Waals surface area (Å²) in [5.74, 6) is 0.247. The largest absolute Gasteiger partial charge is 0.481 e. The summed E-state index contributed by atoms with van der Waals surface area (Å²) >= 11 is 7.19. The molecule has 0 radical (unpaired) electrons. The highest BCUT2D eigenvalue weighted by Gasteiger charge is 2.18. The van der Waals surface area contributed by atoms with E-state index in [9.17, 15) is 14.9 Å². The summed E-state index contributed by atoms with van der Waals surface area (Å²) in [4.78, 5) is 27.0. The van der Waals surface area contributed by atoms with Gasteiger partial charge in [-0.1, -0.05) is 11.6 Å². The number of carbonyl (C=O) groups excluding carboxylic acids is 1. The Kier molecular flexibility index (Phi) is 5.91. The molecule has 0 aliphatic heterocycles. The van der Waals surface area contributed by atoms with Gasteiger partial charge in [-0.2, -0.15) is 0 Å². The number of thiazole rings is 1. The fourth-order valence-electron chi connectivity index (χ4n) is 2.41. The number of aryl methyl sites for hydroxylation is 1. The van der Waals surface area contributed by atoms with Gasteiger partial charge in [-0.15, -0.1) is 11.3 Å². The van der Waals surface area contributed by atoms with Crippen LogP contribution in [-0.4, -0.2) is 21.9 Å². The lowest BCUT2D eigenvalue weighted by Gasteiger charge is -2.15. The van der Waals surface area contributed by atoms with Crippen LogP contribution in [0.3, 0.4) is 0 Å². The number of ether oxygens (including phenoxy) is 1. The molecule has 0 saturated carbocycles. The topological polar surface area (TPSA) is 94.4 Å². The molecule has 0 spiro atoms. The van der Waals surface area contributed by atoms with Gasteiger partial charge in [-0.05, 0) is 49.7 Å². The van der Waals surface area contributed by atoms with Crippen molar-refractivity contribution in [1.29, 1.82) is 0 Å². The highest BCUT2D eigenvalue weighted by molar-refractivity contribution is 7.14. The first kappa shape index (κ1) is 19.8. The van der Waals surface area contributed by atoms with E-state index in [2.05, 4.69) is 10.3 Å². The van der Waals surface area contributed by atoms with Crippen LogP contribution in [0.5, 0.6) is 5.75 Å². The number of benzene rings is 2. The normalized spacial score (nSPS) is 11.7. The Balaban J connectivity index is 1.65. The van der Waals surface area contributed by atoms with E-state index in [1.165, 1.54) is 23.5 Å². The van der Waals surface area contributed by atoms with Crippen molar-refractivity contribution in [3.05, 3.63) is 68.5 Å². The number of hydrogen-bond donors (Lipinski definition) is 1. The van der Waals surface area contributed by atoms with Gasteiger partial charge < -0.3 is 4.74 Å². The Hall–Kier alpha value is -2.97. The van der Waals surface area contributed by atoms with E-state index in [0.717, 1.165) is 11.1 Å². The summed E-state index contributed by atoms with van der Waals surface area (Å²) < 4.78 is 5.70. The summed E-state index contributed by atoms with van der Waals surface area (Å²) in [6.45, 7) is 3.50. The molecule has 144 valence electrons. The van der Waals surface area contributed by atoms with Gasteiger partial charge >= 0.3 is 0 Å². The molecule has 3 rings (SSSR count). The number of non-ortho nitro benzene ring substituents is 1. The molecule has 0 saturated heterocycles. The van der Waals surface area contributed by atoms with E-state index in [0.29, 0.717) is 21.6 Å². The van der Waals surface area contributed by atoms with Crippen LogP contribution in [0.4, 0.5) is 10.8 Å². The molecule has 0 bridgehead atoms. The lowest BCUT2D eigenvalue weighted by atomic mass is 10.1. The van der Waals surface area contributed by atoms with E-state index in [-0.39, 0.29) is 11.6 Å². The van der Waals surface area contributed by atoms with Gasteiger partial charge in [0.1, 0.15) is 5.75 Å². The molecule has 7 nitrogen and oxygen atoms in total. The first-order valence-electron chi connectivity index (χ1n) is 8.27. The monoisotopic (exact) mass is 417 g/mol. The minimum Gasteiger partial charge on any atom is -0.481 e. The number of nitrogens with zero attached hydrogens (tertiary/aromatic N) is 2. The fourth-order valence-corrected chi connectivity index (χ4v) is 3.36. The zero-order valence-corrected chi connectivity index (χ0v) is 16.6. The van der Waals surface area contributed by atoms with Crippen LogP contribution < -0.4 is 10.1 Å². The fraction of sp³-hybridized carbons (Fsp3) is 0.158.